The molecule has 0 aliphatic rings. The Bertz CT molecular complexity index is 1440. The van der Waals surface area contributed by atoms with E-state index in [0.717, 1.165) is 0 Å². The third-order valence-corrected chi connectivity index (χ3v) is 7.01. The van der Waals surface area contributed by atoms with Gasteiger partial charge >= 0.3 is 0 Å². The van der Waals surface area contributed by atoms with E-state index in [0.29, 0.717) is 0 Å². The van der Waals surface area contributed by atoms with E-state index >= 15 is 0 Å². The minimum atomic E-state index is 1.18. The largest absolute Gasteiger partial charge is 0.345 e. The van der Waals surface area contributed by atoms with E-state index in [2.05, 4.69) is 169 Å². The molecule has 2 nitrogen and oxygen atoms in total. The monoisotopic (exact) mass is 518 g/mol. The van der Waals surface area contributed by atoms with Crippen molar-refractivity contribution in [1.29, 1.82) is 0 Å². The Balaban J connectivity index is 0.000000194. The molecule has 0 unspecified atom stereocenters. The third kappa shape index (κ3) is 6.67. The molecule has 40 heavy (non-hydrogen) atoms. The maximum Gasteiger partial charge on any atom is 0.0408 e. The van der Waals surface area contributed by atoms with Crippen LogP contribution < -0.4 is 9.80 Å². The number of hydrogen-bond donors (Lipinski definition) is 0. The van der Waals surface area contributed by atoms with Crippen molar-refractivity contribution in [3.8, 4) is 22.3 Å². The van der Waals surface area contributed by atoms with Gasteiger partial charge in [-0.05, 0) is 70.8 Å². The first kappa shape index (κ1) is 26.5. The molecule has 6 rings (SSSR count). The highest BCUT2D eigenvalue weighted by Gasteiger charge is 2.06. The average Bonchev–Trinajstić information content (AvgIpc) is 3.06. The number of rotatable bonds is 6. The van der Waals surface area contributed by atoms with Crippen LogP contribution in [0.3, 0.4) is 0 Å². The van der Waals surface area contributed by atoms with Gasteiger partial charge in [0.2, 0.25) is 0 Å². The highest BCUT2D eigenvalue weighted by atomic mass is 15.1. The Kier molecular flexibility index (Phi) is 8.70. The molecule has 0 fully saturated rings. The molecule has 2 heteroatoms. The highest BCUT2D eigenvalue weighted by Crippen LogP contribution is 2.29. The van der Waals surface area contributed by atoms with Crippen LogP contribution in [0, 0.1) is 0 Å². The fraction of sp³-hybridized carbons (Fsp3) is 0.0526. The Morgan fingerprint density at radius 2 is 0.475 bits per heavy atom. The first-order valence-electron chi connectivity index (χ1n) is 13.6. The molecule has 0 aliphatic heterocycles. The van der Waals surface area contributed by atoms with Gasteiger partial charge in [-0.2, -0.15) is 0 Å². The Morgan fingerprint density at radius 1 is 0.250 bits per heavy atom. The molecular formula is C38H34N2. The second kappa shape index (κ2) is 13.1. The maximum absolute atomic E-state index is 2.21. The normalized spacial score (nSPS) is 10.2. The molecule has 0 N–H and O–H groups in total. The zero-order valence-electron chi connectivity index (χ0n) is 23.1. The second-order valence-electron chi connectivity index (χ2n) is 9.61. The van der Waals surface area contributed by atoms with Crippen LogP contribution in [-0.2, 0) is 0 Å². The summed E-state index contributed by atoms with van der Waals surface area (Å²) < 4.78 is 0. The quantitative estimate of drug-likeness (QED) is 0.216. The highest BCUT2D eigenvalue weighted by molar-refractivity contribution is 5.72. The van der Waals surface area contributed by atoms with E-state index < -0.39 is 0 Å². The molecule has 6 aromatic rings. The summed E-state index contributed by atoms with van der Waals surface area (Å²) in [4.78, 5) is 4.38. The van der Waals surface area contributed by atoms with Gasteiger partial charge in [0.25, 0.3) is 0 Å². The first-order chi connectivity index (χ1) is 19.7. The number of benzene rings is 6. The predicted octanol–water partition coefficient (Wildman–Crippen LogP) is 10.2. The summed E-state index contributed by atoms with van der Waals surface area (Å²) in [5.41, 5.74) is 9.74. The molecular weight excluding hydrogens is 484 g/mol. The molecule has 0 bridgehead atoms. The van der Waals surface area contributed by atoms with Crippen molar-refractivity contribution in [2.24, 2.45) is 0 Å². The predicted molar refractivity (Wildman–Crippen MR) is 173 cm³/mol. The number of para-hydroxylation sites is 2. The van der Waals surface area contributed by atoms with Crippen LogP contribution in [-0.4, -0.2) is 14.1 Å². The number of nitrogens with zero attached hydrogens (tertiary/aromatic N) is 2. The van der Waals surface area contributed by atoms with Crippen LogP contribution in [0.2, 0.25) is 0 Å². The van der Waals surface area contributed by atoms with E-state index in [-0.39, 0.29) is 0 Å². The molecule has 0 amide bonds. The van der Waals surface area contributed by atoms with Crippen molar-refractivity contribution >= 4 is 22.7 Å². The summed E-state index contributed by atoms with van der Waals surface area (Å²) in [6, 6.07) is 59.0. The average molecular weight is 519 g/mol. The van der Waals surface area contributed by atoms with Gasteiger partial charge in [-0.25, -0.2) is 0 Å². The molecule has 0 radical (unpaired) electrons. The molecule has 0 atom stereocenters. The maximum atomic E-state index is 2.21. The fourth-order valence-corrected chi connectivity index (χ4v) is 4.62. The van der Waals surface area contributed by atoms with Crippen LogP contribution in [0.5, 0.6) is 0 Å². The van der Waals surface area contributed by atoms with Crippen LogP contribution in [0.1, 0.15) is 0 Å². The van der Waals surface area contributed by atoms with Gasteiger partial charge in [-0.15, -0.1) is 0 Å². The summed E-state index contributed by atoms with van der Waals surface area (Å²) in [7, 11) is 4.18. The molecule has 0 saturated heterocycles. The fourth-order valence-electron chi connectivity index (χ4n) is 4.62. The molecule has 0 spiro atoms. The van der Waals surface area contributed by atoms with Gasteiger partial charge < -0.3 is 9.80 Å². The SMILES string of the molecule is CN(c1ccc(-c2ccccc2)cc1)c1ccc(-c2ccccc2)cc1.CN(c1ccccc1)c1ccccc1. The second-order valence-corrected chi connectivity index (χ2v) is 9.61. The lowest BCUT2D eigenvalue weighted by Crippen LogP contribution is -2.08. The Labute approximate surface area is 238 Å². The number of hydrogen-bond acceptors (Lipinski definition) is 2. The van der Waals surface area contributed by atoms with Crippen molar-refractivity contribution in [2.75, 3.05) is 23.9 Å². The van der Waals surface area contributed by atoms with Crippen LogP contribution in [0.25, 0.3) is 22.3 Å². The zero-order chi connectivity index (χ0) is 27.6. The minimum absolute atomic E-state index is 1.18. The van der Waals surface area contributed by atoms with E-state index in [1.54, 1.807) is 0 Å². The molecule has 0 aromatic heterocycles. The third-order valence-electron chi connectivity index (χ3n) is 7.01. The van der Waals surface area contributed by atoms with E-state index in [1.165, 1.54) is 45.0 Å². The summed E-state index contributed by atoms with van der Waals surface area (Å²) >= 11 is 0. The van der Waals surface area contributed by atoms with Crippen molar-refractivity contribution < 1.29 is 0 Å². The first-order valence-corrected chi connectivity index (χ1v) is 13.6. The lowest BCUT2D eigenvalue weighted by molar-refractivity contribution is 1.21. The molecule has 0 heterocycles. The van der Waals surface area contributed by atoms with Gasteiger partial charge in [0, 0.05) is 36.8 Å². The van der Waals surface area contributed by atoms with Gasteiger partial charge in [-0.1, -0.05) is 121 Å². The van der Waals surface area contributed by atoms with Gasteiger partial charge in [0.05, 0.1) is 0 Å². The topological polar surface area (TPSA) is 6.48 Å². The lowest BCUT2D eigenvalue weighted by Gasteiger charge is -2.20. The summed E-state index contributed by atoms with van der Waals surface area (Å²) in [6.07, 6.45) is 0. The van der Waals surface area contributed by atoms with Crippen molar-refractivity contribution in [1.82, 2.24) is 0 Å². The van der Waals surface area contributed by atoms with Crippen LogP contribution >= 0.6 is 0 Å². The standard InChI is InChI=1S/C25H21N.C13H13N/c1-26(24-16-12-22(13-17-24)20-8-4-2-5-9-20)25-18-14-23(15-19-25)21-10-6-3-7-11-21;1-14(12-8-4-2-5-9-12)13-10-6-3-7-11-13/h2-19H,1H3;2-11H,1H3. The van der Waals surface area contributed by atoms with Gasteiger partial charge in [0.15, 0.2) is 0 Å². The molecule has 0 saturated carbocycles. The minimum Gasteiger partial charge on any atom is -0.345 e. The Hall–Kier alpha value is -5.08. The summed E-state index contributed by atoms with van der Waals surface area (Å²) in [5, 5.41) is 0. The summed E-state index contributed by atoms with van der Waals surface area (Å²) in [6.45, 7) is 0. The van der Waals surface area contributed by atoms with Crippen LogP contribution in [0.15, 0.2) is 170 Å². The smallest absolute Gasteiger partial charge is 0.0408 e. The Morgan fingerprint density at radius 3 is 0.775 bits per heavy atom. The molecule has 6 aromatic carbocycles. The zero-order valence-corrected chi connectivity index (χ0v) is 23.1. The summed E-state index contributed by atoms with van der Waals surface area (Å²) in [5.74, 6) is 0. The van der Waals surface area contributed by atoms with Crippen LogP contribution in [0.4, 0.5) is 22.7 Å². The van der Waals surface area contributed by atoms with E-state index in [1.807, 2.05) is 24.3 Å². The van der Waals surface area contributed by atoms with Gasteiger partial charge in [0.1, 0.15) is 0 Å². The van der Waals surface area contributed by atoms with Crippen molar-refractivity contribution in [3.63, 3.8) is 0 Å². The lowest BCUT2D eigenvalue weighted by atomic mass is 10.0. The van der Waals surface area contributed by atoms with E-state index in [4.69, 9.17) is 0 Å². The number of anilines is 4. The molecule has 196 valence electrons. The van der Waals surface area contributed by atoms with E-state index in [9.17, 15) is 0 Å². The van der Waals surface area contributed by atoms with Crippen molar-refractivity contribution in [2.45, 2.75) is 0 Å². The molecule has 0 aliphatic carbocycles. The van der Waals surface area contributed by atoms with Gasteiger partial charge in [-0.3, -0.25) is 0 Å². The van der Waals surface area contributed by atoms with Crippen molar-refractivity contribution in [3.05, 3.63) is 170 Å².